The van der Waals surface area contributed by atoms with Crippen molar-refractivity contribution >= 4 is 49.4 Å². The van der Waals surface area contributed by atoms with E-state index in [1.165, 1.54) is 0 Å². The van der Waals surface area contributed by atoms with Crippen molar-refractivity contribution in [3.8, 4) is 0 Å². The van der Waals surface area contributed by atoms with E-state index in [9.17, 15) is 4.21 Å². The fourth-order valence-corrected chi connectivity index (χ4v) is 3.57. The summed E-state index contributed by atoms with van der Waals surface area (Å²) in [5, 5.41) is -0.182. The lowest BCUT2D eigenvalue weighted by Gasteiger charge is -2.17. The number of nitrogens with zero attached hydrogens (tertiary/aromatic N) is 2. The van der Waals surface area contributed by atoms with E-state index < -0.39 is 10.8 Å². The van der Waals surface area contributed by atoms with Gasteiger partial charge in [-0.2, -0.15) is 0 Å². The SMILES string of the molecule is CC(Cl)c1nc2ccc(Br)cc2n1C(C)CS(C)=O. The Labute approximate surface area is 128 Å². The molecule has 19 heavy (non-hydrogen) atoms. The standard InChI is InChI=1S/C13H16BrClN2OS/c1-8(7-19(3)18)17-12-6-10(14)4-5-11(12)16-13(17)9(2)15/h4-6,8-9H,7H2,1-3H3. The molecule has 1 aromatic heterocycles. The predicted molar refractivity (Wildman–Crippen MR) is 85.3 cm³/mol. The van der Waals surface area contributed by atoms with Crippen LogP contribution in [0.25, 0.3) is 11.0 Å². The lowest BCUT2D eigenvalue weighted by atomic mass is 10.3. The van der Waals surface area contributed by atoms with Crippen LogP contribution in [0.4, 0.5) is 0 Å². The second kappa shape index (κ2) is 5.94. The molecule has 0 N–H and O–H groups in total. The summed E-state index contributed by atoms with van der Waals surface area (Å²) in [7, 11) is -0.853. The van der Waals surface area contributed by atoms with Crippen LogP contribution in [-0.2, 0) is 10.8 Å². The second-order valence-electron chi connectivity index (χ2n) is 4.68. The van der Waals surface area contributed by atoms with Crippen LogP contribution in [0.2, 0.25) is 0 Å². The van der Waals surface area contributed by atoms with Crippen LogP contribution >= 0.6 is 27.5 Å². The average Bonchev–Trinajstić information content (AvgIpc) is 2.66. The number of halogens is 2. The molecule has 2 rings (SSSR count). The second-order valence-corrected chi connectivity index (χ2v) is 7.73. The quantitative estimate of drug-likeness (QED) is 0.768. The Kier molecular flexibility index (Phi) is 4.69. The zero-order valence-electron chi connectivity index (χ0n) is 11.1. The van der Waals surface area contributed by atoms with Crippen molar-refractivity contribution in [2.45, 2.75) is 25.3 Å². The Morgan fingerprint density at radius 3 is 2.74 bits per heavy atom. The average molecular weight is 364 g/mol. The third-order valence-electron chi connectivity index (χ3n) is 2.95. The third kappa shape index (κ3) is 3.20. The van der Waals surface area contributed by atoms with Crippen LogP contribution in [0.15, 0.2) is 22.7 Å². The maximum Gasteiger partial charge on any atom is 0.127 e. The minimum atomic E-state index is -0.853. The van der Waals surface area contributed by atoms with Crippen molar-refractivity contribution in [3.05, 3.63) is 28.5 Å². The van der Waals surface area contributed by atoms with Crippen molar-refractivity contribution in [1.82, 2.24) is 9.55 Å². The number of hydrogen-bond donors (Lipinski definition) is 0. The fourth-order valence-electron chi connectivity index (χ4n) is 2.24. The van der Waals surface area contributed by atoms with Crippen LogP contribution in [0.5, 0.6) is 0 Å². The summed E-state index contributed by atoms with van der Waals surface area (Å²) in [6, 6.07) is 6.06. The van der Waals surface area contributed by atoms with Gasteiger partial charge in [0.1, 0.15) is 5.82 Å². The number of hydrogen-bond acceptors (Lipinski definition) is 2. The van der Waals surface area contributed by atoms with Crippen molar-refractivity contribution in [2.24, 2.45) is 0 Å². The van der Waals surface area contributed by atoms with Gasteiger partial charge in [-0.25, -0.2) is 4.98 Å². The Morgan fingerprint density at radius 2 is 2.16 bits per heavy atom. The van der Waals surface area contributed by atoms with E-state index in [1.54, 1.807) is 6.26 Å². The van der Waals surface area contributed by atoms with Gasteiger partial charge in [0.25, 0.3) is 0 Å². The first-order chi connectivity index (χ1) is 8.90. The molecule has 0 bridgehead atoms. The Morgan fingerprint density at radius 1 is 1.47 bits per heavy atom. The van der Waals surface area contributed by atoms with Crippen molar-refractivity contribution < 1.29 is 4.21 Å². The Hall–Kier alpha value is -0.390. The highest BCUT2D eigenvalue weighted by Crippen LogP contribution is 2.29. The van der Waals surface area contributed by atoms with Crippen molar-refractivity contribution in [3.63, 3.8) is 0 Å². The van der Waals surface area contributed by atoms with E-state index in [0.29, 0.717) is 5.75 Å². The van der Waals surface area contributed by atoms with E-state index in [-0.39, 0.29) is 11.4 Å². The van der Waals surface area contributed by atoms with Crippen LogP contribution in [0, 0.1) is 0 Å². The molecule has 0 saturated heterocycles. The van der Waals surface area contributed by atoms with Gasteiger partial charge in [0.2, 0.25) is 0 Å². The topological polar surface area (TPSA) is 34.9 Å². The van der Waals surface area contributed by atoms with Crippen molar-refractivity contribution in [1.29, 1.82) is 0 Å². The first kappa shape index (κ1) is 15.0. The van der Waals surface area contributed by atoms with Crippen LogP contribution in [-0.4, -0.2) is 25.8 Å². The maximum absolute atomic E-state index is 11.5. The Bertz CT molecular complexity index is 626. The smallest absolute Gasteiger partial charge is 0.127 e. The summed E-state index contributed by atoms with van der Waals surface area (Å²) in [4.78, 5) is 4.59. The molecular weight excluding hydrogens is 348 g/mol. The summed E-state index contributed by atoms with van der Waals surface area (Å²) in [6.07, 6.45) is 1.72. The van der Waals surface area contributed by atoms with Gasteiger partial charge in [-0.05, 0) is 32.0 Å². The molecule has 6 heteroatoms. The summed E-state index contributed by atoms with van der Waals surface area (Å²) < 4.78 is 14.6. The molecule has 0 radical (unpaired) electrons. The fraction of sp³-hybridized carbons (Fsp3) is 0.462. The highest BCUT2D eigenvalue weighted by Gasteiger charge is 2.19. The molecule has 1 aromatic carbocycles. The molecule has 0 aliphatic rings. The summed E-state index contributed by atoms with van der Waals surface area (Å²) in [5.41, 5.74) is 1.94. The van der Waals surface area contributed by atoms with Crippen LogP contribution < -0.4 is 0 Å². The van der Waals surface area contributed by atoms with E-state index in [4.69, 9.17) is 11.6 Å². The van der Waals surface area contributed by atoms with Gasteiger partial charge in [-0.1, -0.05) is 15.9 Å². The number of rotatable bonds is 4. The predicted octanol–water partition coefficient (Wildman–Crippen LogP) is 4.04. The van der Waals surface area contributed by atoms with E-state index >= 15 is 0 Å². The summed E-state index contributed by atoms with van der Waals surface area (Å²) in [5.74, 6) is 1.42. The lowest BCUT2D eigenvalue weighted by Crippen LogP contribution is -2.15. The van der Waals surface area contributed by atoms with Gasteiger partial charge in [0, 0.05) is 33.3 Å². The molecule has 0 saturated carbocycles. The van der Waals surface area contributed by atoms with E-state index in [2.05, 4.69) is 25.5 Å². The summed E-state index contributed by atoms with van der Waals surface area (Å²) in [6.45, 7) is 3.95. The van der Waals surface area contributed by atoms with Gasteiger partial charge in [-0.15, -0.1) is 11.6 Å². The zero-order chi connectivity index (χ0) is 14.2. The van der Waals surface area contributed by atoms with Crippen LogP contribution in [0.1, 0.15) is 31.1 Å². The molecule has 0 aliphatic carbocycles. The molecule has 2 aromatic rings. The highest BCUT2D eigenvalue weighted by atomic mass is 79.9. The first-order valence-corrected chi connectivity index (χ1v) is 8.97. The first-order valence-electron chi connectivity index (χ1n) is 6.01. The number of imidazole rings is 1. The minimum Gasteiger partial charge on any atom is -0.323 e. The number of aromatic nitrogens is 2. The molecule has 3 atom stereocenters. The van der Waals surface area contributed by atoms with E-state index in [0.717, 1.165) is 21.3 Å². The number of fused-ring (bicyclic) bond motifs is 1. The monoisotopic (exact) mass is 362 g/mol. The molecular formula is C13H16BrClN2OS. The van der Waals surface area contributed by atoms with Gasteiger partial charge in [0.05, 0.1) is 16.4 Å². The minimum absolute atomic E-state index is 0.0985. The molecule has 0 aliphatic heterocycles. The number of benzene rings is 1. The van der Waals surface area contributed by atoms with Gasteiger partial charge < -0.3 is 4.57 Å². The molecule has 0 fully saturated rings. The van der Waals surface area contributed by atoms with Crippen molar-refractivity contribution in [2.75, 3.05) is 12.0 Å². The van der Waals surface area contributed by atoms with E-state index in [1.807, 2.05) is 32.0 Å². The molecule has 0 amide bonds. The molecule has 3 nitrogen and oxygen atoms in total. The van der Waals surface area contributed by atoms with Gasteiger partial charge in [0.15, 0.2) is 0 Å². The Balaban J connectivity index is 2.63. The normalized spacial score (nSPS) is 16.5. The molecule has 1 heterocycles. The maximum atomic E-state index is 11.5. The lowest BCUT2D eigenvalue weighted by molar-refractivity contribution is 0.583. The summed E-state index contributed by atoms with van der Waals surface area (Å²) >= 11 is 9.71. The largest absolute Gasteiger partial charge is 0.323 e. The van der Waals surface area contributed by atoms with Gasteiger partial charge >= 0.3 is 0 Å². The molecule has 104 valence electrons. The zero-order valence-corrected chi connectivity index (χ0v) is 14.2. The van der Waals surface area contributed by atoms with Gasteiger partial charge in [-0.3, -0.25) is 4.21 Å². The third-order valence-corrected chi connectivity index (χ3v) is 4.59. The molecule has 0 spiro atoms. The number of alkyl halides is 1. The van der Waals surface area contributed by atoms with Crippen LogP contribution in [0.3, 0.4) is 0 Å². The highest BCUT2D eigenvalue weighted by molar-refractivity contribution is 9.10. The molecule has 3 unspecified atom stereocenters.